The molecule has 1 fully saturated rings. The van der Waals surface area contributed by atoms with Crippen LogP contribution in [0.25, 0.3) is 11.0 Å². The van der Waals surface area contributed by atoms with Crippen molar-refractivity contribution < 1.29 is 9.90 Å². The van der Waals surface area contributed by atoms with Crippen LogP contribution in [0.2, 0.25) is 0 Å². The number of rotatable bonds is 4. The quantitative estimate of drug-likeness (QED) is 0.883. The molecule has 0 atom stereocenters. The summed E-state index contributed by atoms with van der Waals surface area (Å²) in [7, 11) is 1.94. The first-order valence-corrected chi connectivity index (χ1v) is 6.48. The molecule has 0 radical (unpaired) electrons. The van der Waals surface area contributed by atoms with Crippen LogP contribution in [0.15, 0.2) is 24.5 Å². The number of carboxylic acids is 1. The van der Waals surface area contributed by atoms with Crippen molar-refractivity contribution >= 4 is 22.7 Å². The van der Waals surface area contributed by atoms with E-state index in [4.69, 9.17) is 0 Å². The number of nitrogens with one attached hydrogen (secondary N) is 1. The maximum absolute atomic E-state index is 11.4. The summed E-state index contributed by atoms with van der Waals surface area (Å²) >= 11 is 0. The predicted octanol–water partition coefficient (Wildman–Crippen LogP) is 2.25. The van der Waals surface area contributed by atoms with E-state index in [2.05, 4.69) is 9.97 Å². The van der Waals surface area contributed by atoms with Gasteiger partial charge in [-0.3, -0.25) is 4.79 Å². The van der Waals surface area contributed by atoms with Crippen LogP contribution < -0.4 is 4.90 Å². The van der Waals surface area contributed by atoms with Crippen molar-refractivity contribution in [3.8, 4) is 0 Å². The number of nitrogens with zero attached hydrogens (tertiary/aromatic N) is 2. The minimum Gasteiger partial charge on any atom is -0.481 e. The molecule has 5 heteroatoms. The highest BCUT2D eigenvalue weighted by atomic mass is 16.4. The molecule has 2 N–H and O–H groups in total. The van der Waals surface area contributed by atoms with Gasteiger partial charge in [-0.1, -0.05) is 6.42 Å². The van der Waals surface area contributed by atoms with E-state index < -0.39 is 11.4 Å². The summed E-state index contributed by atoms with van der Waals surface area (Å²) in [5.41, 5.74) is 2.36. The molecule has 1 saturated carbocycles. The Kier molecular flexibility index (Phi) is 2.69. The van der Waals surface area contributed by atoms with Crippen LogP contribution >= 0.6 is 0 Å². The van der Waals surface area contributed by atoms with E-state index in [1.165, 1.54) is 0 Å². The predicted molar refractivity (Wildman–Crippen MR) is 73.3 cm³/mol. The number of aromatic amines is 1. The highest BCUT2D eigenvalue weighted by Crippen LogP contribution is 2.42. The Balaban J connectivity index is 1.83. The summed E-state index contributed by atoms with van der Waals surface area (Å²) in [4.78, 5) is 20.7. The number of H-pyrrole nitrogens is 1. The molecular weight excluding hydrogens is 242 g/mol. The monoisotopic (exact) mass is 259 g/mol. The number of hydrogen-bond donors (Lipinski definition) is 2. The third-order valence-electron chi connectivity index (χ3n) is 4.15. The highest BCUT2D eigenvalue weighted by molar-refractivity contribution is 5.80. The molecule has 0 spiro atoms. The fraction of sp³-hybridized carbons (Fsp3) is 0.429. The van der Waals surface area contributed by atoms with E-state index in [9.17, 15) is 9.90 Å². The zero-order chi connectivity index (χ0) is 13.5. The molecule has 1 aromatic carbocycles. The summed E-state index contributed by atoms with van der Waals surface area (Å²) in [5.74, 6) is -0.673. The van der Waals surface area contributed by atoms with Crippen LogP contribution in [0.3, 0.4) is 0 Å². The van der Waals surface area contributed by atoms with E-state index in [-0.39, 0.29) is 0 Å². The van der Waals surface area contributed by atoms with Gasteiger partial charge in [0.15, 0.2) is 0 Å². The molecule has 1 aliphatic carbocycles. The number of benzene rings is 1. The normalized spacial score (nSPS) is 17.1. The topological polar surface area (TPSA) is 69.2 Å². The van der Waals surface area contributed by atoms with Crippen molar-refractivity contribution in [3.63, 3.8) is 0 Å². The van der Waals surface area contributed by atoms with Gasteiger partial charge in [0.2, 0.25) is 0 Å². The number of carbonyl (C=O) groups is 1. The molecule has 19 heavy (non-hydrogen) atoms. The first kappa shape index (κ1) is 12.0. The SMILES string of the molecule is CN(CC1(C(=O)O)CCC1)c1ccc2nc[nH]c2c1. The van der Waals surface area contributed by atoms with Gasteiger partial charge in [0.05, 0.1) is 22.8 Å². The number of imidazole rings is 1. The smallest absolute Gasteiger partial charge is 0.311 e. The van der Waals surface area contributed by atoms with Crippen LogP contribution in [-0.4, -0.2) is 34.6 Å². The largest absolute Gasteiger partial charge is 0.481 e. The van der Waals surface area contributed by atoms with Crippen molar-refractivity contribution in [2.24, 2.45) is 5.41 Å². The van der Waals surface area contributed by atoms with Crippen LogP contribution in [-0.2, 0) is 4.79 Å². The Bertz CT molecular complexity index is 616. The van der Waals surface area contributed by atoms with Gasteiger partial charge in [-0.05, 0) is 31.0 Å². The lowest BCUT2D eigenvalue weighted by Crippen LogP contribution is -2.46. The lowest BCUT2D eigenvalue weighted by Gasteiger charge is -2.41. The Morgan fingerprint density at radius 1 is 1.53 bits per heavy atom. The number of fused-ring (bicyclic) bond motifs is 1. The zero-order valence-electron chi connectivity index (χ0n) is 10.9. The second kappa shape index (κ2) is 4.26. The highest BCUT2D eigenvalue weighted by Gasteiger charge is 2.45. The van der Waals surface area contributed by atoms with E-state index >= 15 is 0 Å². The summed E-state index contributed by atoms with van der Waals surface area (Å²) in [5, 5.41) is 9.38. The summed E-state index contributed by atoms with van der Waals surface area (Å²) in [6.45, 7) is 0.558. The molecule has 1 aliphatic rings. The molecule has 0 saturated heterocycles. The molecule has 0 unspecified atom stereocenters. The third kappa shape index (κ3) is 1.95. The van der Waals surface area contributed by atoms with Gasteiger partial charge in [0.1, 0.15) is 0 Å². The number of aliphatic carboxylic acids is 1. The second-order valence-electron chi connectivity index (χ2n) is 5.40. The Morgan fingerprint density at radius 3 is 2.95 bits per heavy atom. The molecule has 100 valence electrons. The Hall–Kier alpha value is -2.04. The summed E-state index contributed by atoms with van der Waals surface area (Å²) < 4.78 is 0. The molecular formula is C14H17N3O2. The Labute approximate surface area is 111 Å². The van der Waals surface area contributed by atoms with E-state index in [1.54, 1.807) is 6.33 Å². The van der Waals surface area contributed by atoms with Crippen molar-refractivity contribution in [2.75, 3.05) is 18.5 Å². The molecule has 1 aromatic heterocycles. The number of hydrogen-bond acceptors (Lipinski definition) is 3. The number of aromatic nitrogens is 2. The van der Waals surface area contributed by atoms with Crippen LogP contribution in [0, 0.1) is 5.41 Å². The molecule has 5 nitrogen and oxygen atoms in total. The van der Waals surface area contributed by atoms with Crippen LogP contribution in [0.1, 0.15) is 19.3 Å². The molecule has 3 rings (SSSR count). The van der Waals surface area contributed by atoms with Crippen molar-refractivity contribution in [3.05, 3.63) is 24.5 Å². The van der Waals surface area contributed by atoms with E-state index in [0.717, 1.165) is 36.0 Å². The molecule has 0 aliphatic heterocycles. The van der Waals surface area contributed by atoms with Gasteiger partial charge in [0, 0.05) is 19.3 Å². The maximum Gasteiger partial charge on any atom is 0.311 e. The average Bonchev–Trinajstić information content (AvgIpc) is 2.79. The second-order valence-corrected chi connectivity index (χ2v) is 5.40. The average molecular weight is 259 g/mol. The molecule has 0 bridgehead atoms. The molecule has 0 amide bonds. The molecule has 1 heterocycles. The lowest BCUT2D eigenvalue weighted by molar-refractivity contribution is -0.153. The van der Waals surface area contributed by atoms with Crippen molar-refractivity contribution in [1.29, 1.82) is 0 Å². The number of carboxylic acid groups (broad SMARTS) is 1. The van der Waals surface area contributed by atoms with Gasteiger partial charge in [-0.15, -0.1) is 0 Å². The third-order valence-corrected chi connectivity index (χ3v) is 4.15. The van der Waals surface area contributed by atoms with Gasteiger partial charge in [-0.25, -0.2) is 4.98 Å². The van der Waals surface area contributed by atoms with Crippen LogP contribution in [0.5, 0.6) is 0 Å². The zero-order valence-corrected chi connectivity index (χ0v) is 10.9. The fourth-order valence-electron chi connectivity index (χ4n) is 2.75. The minimum atomic E-state index is -0.673. The summed E-state index contributed by atoms with van der Waals surface area (Å²) in [6.07, 6.45) is 4.23. The molecule has 2 aromatic rings. The summed E-state index contributed by atoms with van der Waals surface area (Å²) in [6, 6.07) is 5.94. The first-order chi connectivity index (χ1) is 9.11. The fourth-order valence-corrected chi connectivity index (χ4v) is 2.75. The van der Waals surface area contributed by atoms with Crippen molar-refractivity contribution in [1.82, 2.24) is 9.97 Å². The lowest BCUT2D eigenvalue weighted by atomic mass is 9.68. The Morgan fingerprint density at radius 2 is 2.32 bits per heavy atom. The van der Waals surface area contributed by atoms with Gasteiger partial charge in [-0.2, -0.15) is 0 Å². The van der Waals surface area contributed by atoms with Crippen LogP contribution in [0.4, 0.5) is 5.69 Å². The standard InChI is InChI=1S/C14H17N3O2/c1-17(8-14(13(18)19)5-2-6-14)10-3-4-11-12(7-10)16-9-15-11/h3-4,7,9H,2,5-6,8H2,1H3,(H,15,16)(H,18,19). The first-order valence-electron chi connectivity index (χ1n) is 6.48. The van der Waals surface area contributed by atoms with Crippen molar-refractivity contribution in [2.45, 2.75) is 19.3 Å². The number of anilines is 1. The minimum absolute atomic E-state index is 0.558. The maximum atomic E-state index is 11.4. The van der Waals surface area contributed by atoms with E-state index in [1.807, 2.05) is 30.1 Å². The van der Waals surface area contributed by atoms with Gasteiger partial charge < -0.3 is 15.0 Å². The van der Waals surface area contributed by atoms with E-state index in [0.29, 0.717) is 6.54 Å². The van der Waals surface area contributed by atoms with Gasteiger partial charge in [0.25, 0.3) is 0 Å². The van der Waals surface area contributed by atoms with Gasteiger partial charge >= 0.3 is 5.97 Å².